The van der Waals surface area contributed by atoms with Gasteiger partial charge in [-0.1, -0.05) is 12.1 Å². The lowest BCUT2D eigenvalue weighted by atomic mass is 9.97. The Morgan fingerprint density at radius 2 is 2.38 bits per heavy atom. The van der Waals surface area contributed by atoms with E-state index in [9.17, 15) is 9.18 Å². The minimum atomic E-state index is -0.160. The quantitative estimate of drug-likeness (QED) is 0.872. The van der Waals surface area contributed by atoms with Crippen LogP contribution >= 0.6 is 11.3 Å². The molecule has 0 aliphatic carbocycles. The molecule has 0 spiro atoms. The van der Waals surface area contributed by atoms with Gasteiger partial charge in [0.1, 0.15) is 10.7 Å². The molecule has 21 heavy (non-hydrogen) atoms. The molecule has 1 amide bonds. The van der Waals surface area contributed by atoms with Crippen molar-refractivity contribution in [3.05, 3.63) is 51.7 Å². The van der Waals surface area contributed by atoms with Crippen molar-refractivity contribution >= 4 is 17.2 Å². The lowest BCUT2D eigenvalue weighted by molar-refractivity contribution is 0.0791. The largest absolute Gasteiger partial charge is 0.338 e. The Kier molecular flexibility index (Phi) is 4.01. The van der Waals surface area contributed by atoms with Crippen molar-refractivity contribution in [3.8, 4) is 0 Å². The fourth-order valence-corrected chi connectivity index (χ4v) is 3.41. The standard InChI is InChI=1S/C16H17FN2OS/c1-11-6-12(2-3-14(11)17)7-13-4-5-19(9-13)16(20)15-8-18-10-21-15/h2-3,6,8,10,13H,4-5,7,9H2,1H3. The lowest BCUT2D eigenvalue weighted by Crippen LogP contribution is -2.28. The summed E-state index contributed by atoms with van der Waals surface area (Å²) >= 11 is 1.38. The molecule has 110 valence electrons. The number of nitrogens with zero attached hydrogens (tertiary/aromatic N) is 2. The Bertz CT molecular complexity index is 642. The van der Waals surface area contributed by atoms with Gasteiger partial charge in [0.05, 0.1) is 11.7 Å². The maximum Gasteiger partial charge on any atom is 0.265 e. The first-order valence-electron chi connectivity index (χ1n) is 7.06. The van der Waals surface area contributed by atoms with Gasteiger partial charge in [0.15, 0.2) is 0 Å². The molecule has 3 rings (SSSR count). The summed E-state index contributed by atoms with van der Waals surface area (Å²) in [7, 11) is 0. The highest BCUT2D eigenvalue weighted by Gasteiger charge is 2.27. The molecule has 2 aromatic rings. The Morgan fingerprint density at radius 3 is 3.10 bits per heavy atom. The number of rotatable bonds is 3. The van der Waals surface area contributed by atoms with Crippen LogP contribution in [0.2, 0.25) is 0 Å². The molecular weight excluding hydrogens is 287 g/mol. The molecule has 1 fully saturated rings. The van der Waals surface area contributed by atoms with Crippen LogP contribution in [0.25, 0.3) is 0 Å². The van der Waals surface area contributed by atoms with Gasteiger partial charge < -0.3 is 4.90 Å². The summed E-state index contributed by atoms with van der Waals surface area (Å²) in [6, 6.07) is 5.28. The van der Waals surface area contributed by atoms with E-state index >= 15 is 0 Å². The van der Waals surface area contributed by atoms with Crippen molar-refractivity contribution in [3.63, 3.8) is 0 Å². The highest BCUT2D eigenvalue weighted by atomic mass is 32.1. The van der Waals surface area contributed by atoms with Crippen molar-refractivity contribution in [2.75, 3.05) is 13.1 Å². The van der Waals surface area contributed by atoms with Crippen LogP contribution in [0.3, 0.4) is 0 Å². The first kappa shape index (κ1) is 14.2. The van der Waals surface area contributed by atoms with Crippen LogP contribution in [0.1, 0.15) is 27.2 Å². The van der Waals surface area contributed by atoms with E-state index in [1.807, 2.05) is 17.0 Å². The fraction of sp³-hybridized carbons (Fsp3) is 0.375. The number of hydrogen-bond acceptors (Lipinski definition) is 3. The van der Waals surface area contributed by atoms with Crippen molar-refractivity contribution in [2.45, 2.75) is 19.8 Å². The van der Waals surface area contributed by atoms with Crippen molar-refractivity contribution in [1.29, 1.82) is 0 Å². The lowest BCUT2D eigenvalue weighted by Gasteiger charge is -2.15. The molecule has 3 nitrogen and oxygen atoms in total. The number of carbonyl (C=O) groups is 1. The number of aromatic nitrogens is 1. The third-order valence-electron chi connectivity index (χ3n) is 3.96. The van der Waals surface area contributed by atoms with Crippen LogP contribution in [0.15, 0.2) is 29.9 Å². The molecular formula is C16H17FN2OS. The molecule has 2 heterocycles. The van der Waals surface area contributed by atoms with Gasteiger partial charge in [-0.3, -0.25) is 9.78 Å². The summed E-state index contributed by atoms with van der Waals surface area (Å²) in [4.78, 5) is 18.8. The Labute approximate surface area is 127 Å². The van der Waals surface area contributed by atoms with E-state index in [1.54, 1.807) is 18.6 Å². The van der Waals surface area contributed by atoms with Crippen LogP contribution in [0.5, 0.6) is 0 Å². The average Bonchev–Trinajstić information content (AvgIpc) is 3.13. The van der Waals surface area contributed by atoms with Crippen molar-refractivity contribution in [1.82, 2.24) is 9.88 Å². The van der Waals surface area contributed by atoms with Gasteiger partial charge in [-0.05, 0) is 42.9 Å². The zero-order chi connectivity index (χ0) is 14.8. The van der Waals surface area contributed by atoms with Gasteiger partial charge >= 0.3 is 0 Å². The van der Waals surface area contributed by atoms with Gasteiger partial charge in [0.25, 0.3) is 5.91 Å². The fourth-order valence-electron chi connectivity index (χ4n) is 2.83. The van der Waals surface area contributed by atoms with E-state index in [-0.39, 0.29) is 11.7 Å². The molecule has 1 aromatic heterocycles. The van der Waals surface area contributed by atoms with E-state index in [2.05, 4.69) is 4.98 Å². The number of benzene rings is 1. The molecule has 0 radical (unpaired) electrons. The van der Waals surface area contributed by atoms with Crippen LogP contribution < -0.4 is 0 Å². The van der Waals surface area contributed by atoms with Crippen LogP contribution in [-0.4, -0.2) is 28.9 Å². The predicted molar refractivity (Wildman–Crippen MR) is 81.0 cm³/mol. The third kappa shape index (κ3) is 3.13. The average molecular weight is 304 g/mol. The first-order valence-corrected chi connectivity index (χ1v) is 7.94. The number of thiazole rings is 1. The van der Waals surface area contributed by atoms with E-state index in [0.717, 1.165) is 31.5 Å². The minimum absolute atomic E-state index is 0.0790. The number of aryl methyl sites for hydroxylation is 1. The van der Waals surface area contributed by atoms with Gasteiger partial charge in [-0.15, -0.1) is 11.3 Å². The second kappa shape index (κ2) is 5.93. The van der Waals surface area contributed by atoms with Gasteiger partial charge in [0, 0.05) is 13.1 Å². The van der Waals surface area contributed by atoms with Crippen molar-refractivity contribution in [2.24, 2.45) is 5.92 Å². The molecule has 1 aromatic carbocycles. The molecule has 0 N–H and O–H groups in total. The normalized spacial score (nSPS) is 18.2. The topological polar surface area (TPSA) is 33.2 Å². The van der Waals surface area contributed by atoms with E-state index in [0.29, 0.717) is 16.4 Å². The zero-order valence-corrected chi connectivity index (χ0v) is 12.7. The molecule has 5 heteroatoms. The Morgan fingerprint density at radius 1 is 1.52 bits per heavy atom. The molecule has 0 bridgehead atoms. The summed E-state index contributed by atoms with van der Waals surface area (Å²) < 4.78 is 13.3. The SMILES string of the molecule is Cc1cc(CC2CCN(C(=O)c3cncs3)C2)ccc1F. The summed E-state index contributed by atoms with van der Waals surface area (Å²) in [6.07, 6.45) is 3.53. The minimum Gasteiger partial charge on any atom is -0.338 e. The van der Waals surface area contributed by atoms with Gasteiger partial charge in [0.2, 0.25) is 0 Å². The van der Waals surface area contributed by atoms with E-state index < -0.39 is 0 Å². The molecule has 0 saturated carbocycles. The second-order valence-electron chi connectivity index (χ2n) is 5.56. The maximum atomic E-state index is 13.3. The Balaban J connectivity index is 1.62. The van der Waals surface area contributed by atoms with E-state index in [4.69, 9.17) is 0 Å². The number of carbonyl (C=O) groups excluding carboxylic acids is 1. The number of hydrogen-bond donors (Lipinski definition) is 0. The predicted octanol–water partition coefficient (Wildman–Crippen LogP) is 3.30. The molecule has 1 saturated heterocycles. The highest BCUT2D eigenvalue weighted by Crippen LogP contribution is 2.24. The molecule has 1 aliphatic rings. The van der Waals surface area contributed by atoms with Gasteiger partial charge in [-0.25, -0.2) is 4.39 Å². The monoisotopic (exact) mass is 304 g/mol. The van der Waals surface area contributed by atoms with Crippen LogP contribution in [0.4, 0.5) is 4.39 Å². The summed E-state index contributed by atoms with van der Waals surface area (Å²) in [6.45, 7) is 3.35. The third-order valence-corrected chi connectivity index (χ3v) is 4.72. The van der Waals surface area contributed by atoms with Gasteiger partial charge in [-0.2, -0.15) is 0 Å². The molecule has 1 unspecified atom stereocenters. The summed E-state index contributed by atoms with van der Waals surface area (Å²) in [5.74, 6) is 0.370. The van der Waals surface area contributed by atoms with Crippen LogP contribution in [0, 0.1) is 18.7 Å². The molecule has 1 atom stereocenters. The number of halogens is 1. The molecule has 1 aliphatic heterocycles. The first-order chi connectivity index (χ1) is 10.1. The maximum absolute atomic E-state index is 13.3. The number of amides is 1. The number of likely N-dealkylation sites (tertiary alicyclic amines) is 1. The highest BCUT2D eigenvalue weighted by molar-refractivity contribution is 7.11. The smallest absolute Gasteiger partial charge is 0.265 e. The summed E-state index contributed by atoms with van der Waals surface area (Å²) in [5, 5.41) is 0. The second-order valence-corrected chi connectivity index (χ2v) is 6.45. The Hall–Kier alpha value is -1.75. The summed E-state index contributed by atoms with van der Waals surface area (Å²) in [5.41, 5.74) is 3.51. The van der Waals surface area contributed by atoms with Crippen LogP contribution in [-0.2, 0) is 6.42 Å². The zero-order valence-electron chi connectivity index (χ0n) is 11.9. The van der Waals surface area contributed by atoms with E-state index in [1.165, 1.54) is 17.4 Å². The van der Waals surface area contributed by atoms with Crippen molar-refractivity contribution < 1.29 is 9.18 Å².